The average molecular weight is 422 g/mol. The summed E-state index contributed by atoms with van der Waals surface area (Å²) in [5.41, 5.74) is 3.81. The zero-order valence-corrected chi connectivity index (χ0v) is 18.3. The van der Waals surface area contributed by atoms with Crippen LogP contribution in [0.25, 0.3) is 0 Å². The molecule has 1 aliphatic heterocycles. The first-order chi connectivity index (χ1) is 14.7. The summed E-state index contributed by atoms with van der Waals surface area (Å²) in [6, 6.07) is 12.3. The topological polar surface area (TPSA) is 91.3 Å². The van der Waals surface area contributed by atoms with Crippen LogP contribution in [-0.4, -0.2) is 63.2 Å². The molecule has 2 aromatic carbocycles. The molecule has 0 aromatic heterocycles. The monoisotopic (exact) mass is 422 g/mol. The Kier molecular flexibility index (Phi) is 6.50. The minimum Gasteiger partial charge on any atom is -0.465 e. The molecule has 0 radical (unpaired) electrons. The fourth-order valence-corrected chi connectivity index (χ4v) is 3.46. The van der Waals surface area contributed by atoms with Gasteiger partial charge in [0.1, 0.15) is 5.92 Å². The number of hydrogen-bond donors (Lipinski definition) is 1. The first kappa shape index (κ1) is 22.2. The van der Waals surface area contributed by atoms with E-state index in [0.717, 1.165) is 11.3 Å². The summed E-state index contributed by atoms with van der Waals surface area (Å²) in [7, 11) is 6.74. The van der Waals surface area contributed by atoms with Gasteiger partial charge in [-0.05, 0) is 63.0 Å². The summed E-state index contributed by atoms with van der Waals surface area (Å²) in [5.74, 6) is -1.20. The summed E-state index contributed by atoms with van der Waals surface area (Å²) in [5, 5.41) is 2.81. The predicted molar refractivity (Wildman–Crippen MR) is 120 cm³/mol. The van der Waals surface area contributed by atoms with E-state index < -0.39 is 11.9 Å². The minimum absolute atomic E-state index is 0.0111. The van der Waals surface area contributed by atoms with Crippen LogP contribution >= 0.6 is 0 Å². The molecule has 2 aromatic rings. The number of carbonyl (C=O) groups excluding carboxylic acids is 3. The maximum Gasteiger partial charge on any atom is 0.337 e. The second-order valence-electron chi connectivity index (χ2n) is 7.68. The Morgan fingerprint density at radius 1 is 1.10 bits per heavy atom. The van der Waals surface area contributed by atoms with Crippen LogP contribution in [0, 0.1) is 0 Å². The van der Waals surface area contributed by atoms with Crippen molar-refractivity contribution in [2.45, 2.75) is 12.8 Å². The second-order valence-corrected chi connectivity index (χ2v) is 7.68. The van der Waals surface area contributed by atoms with Gasteiger partial charge in [-0.1, -0.05) is 6.07 Å². The molecule has 1 unspecified atom stereocenters. The van der Waals surface area contributed by atoms with Gasteiger partial charge in [-0.25, -0.2) is 4.79 Å². The van der Waals surface area contributed by atoms with Crippen LogP contribution in [-0.2, 0) is 14.3 Å². The number of likely N-dealkylation sites (N-methyl/N-ethyl adjacent to an activating group) is 2. The van der Waals surface area contributed by atoms with E-state index in [-0.39, 0.29) is 11.8 Å². The molecular weight excluding hydrogens is 396 g/mol. The predicted octanol–water partition coefficient (Wildman–Crippen LogP) is 2.83. The van der Waals surface area contributed by atoms with Gasteiger partial charge in [-0.15, -0.1) is 0 Å². The normalized spacial score (nSPS) is 15.5. The Morgan fingerprint density at radius 2 is 1.77 bits per heavy atom. The third kappa shape index (κ3) is 4.80. The number of fused-ring (bicyclic) bond motifs is 1. The Morgan fingerprint density at radius 3 is 2.39 bits per heavy atom. The summed E-state index contributed by atoms with van der Waals surface area (Å²) >= 11 is 0. The van der Waals surface area contributed by atoms with E-state index in [1.807, 2.05) is 43.3 Å². The number of hydrogen-bond acceptors (Lipinski definition) is 6. The van der Waals surface area contributed by atoms with Crippen molar-refractivity contribution in [3.8, 4) is 0 Å². The number of rotatable bonds is 6. The zero-order valence-electron chi connectivity index (χ0n) is 18.3. The van der Waals surface area contributed by atoms with Crippen molar-refractivity contribution in [2.24, 2.45) is 4.99 Å². The van der Waals surface area contributed by atoms with Crippen LogP contribution < -0.4 is 10.2 Å². The van der Waals surface area contributed by atoms with Crippen LogP contribution in [0.1, 0.15) is 28.8 Å². The van der Waals surface area contributed by atoms with Crippen LogP contribution in [0.5, 0.6) is 0 Å². The number of carbonyl (C=O) groups is 3. The summed E-state index contributed by atoms with van der Waals surface area (Å²) in [6.07, 6.45) is 0. The molecule has 0 fully saturated rings. The fourth-order valence-electron chi connectivity index (χ4n) is 3.46. The van der Waals surface area contributed by atoms with E-state index >= 15 is 0 Å². The molecule has 0 bridgehead atoms. The molecule has 1 aliphatic rings. The fraction of sp³-hybridized carbons (Fsp3) is 0.304. The first-order valence-corrected chi connectivity index (χ1v) is 9.81. The smallest absolute Gasteiger partial charge is 0.337 e. The number of amides is 2. The van der Waals surface area contributed by atoms with E-state index in [1.165, 1.54) is 7.11 Å². The summed E-state index contributed by atoms with van der Waals surface area (Å²) in [6.45, 7) is 2.12. The molecule has 0 aliphatic carbocycles. The van der Waals surface area contributed by atoms with Crippen molar-refractivity contribution in [1.29, 1.82) is 0 Å². The molecule has 2 amide bonds. The van der Waals surface area contributed by atoms with Gasteiger partial charge in [0.15, 0.2) is 0 Å². The number of ether oxygens (including phenoxy) is 1. The van der Waals surface area contributed by atoms with Crippen LogP contribution in [0.3, 0.4) is 0 Å². The number of nitrogens with zero attached hydrogens (tertiary/aromatic N) is 3. The number of aliphatic imine (C=N–C) groups is 1. The van der Waals surface area contributed by atoms with Crippen molar-refractivity contribution in [2.75, 3.05) is 45.0 Å². The average Bonchev–Trinajstić information content (AvgIpc) is 3.07. The molecule has 31 heavy (non-hydrogen) atoms. The van der Waals surface area contributed by atoms with Crippen molar-refractivity contribution in [3.63, 3.8) is 0 Å². The van der Waals surface area contributed by atoms with Gasteiger partial charge in [-0.3, -0.25) is 14.6 Å². The van der Waals surface area contributed by atoms with E-state index in [4.69, 9.17) is 4.74 Å². The molecule has 0 spiro atoms. The lowest BCUT2D eigenvalue weighted by molar-refractivity contribution is -0.119. The van der Waals surface area contributed by atoms with Gasteiger partial charge >= 0.3 is 5.97 Å². The number of anilines is 2. The van der Waals surface area contributed by atoms with Gasteiger partial charge < -0.3 is 19.9 Å². The lowest BCUT2D eigenvalue weighted by Gasteiger charge is -2.19. The third-order valence-corrected chi connectivity index (χ3v) is 5.09. The highest BCUT2D eigenvalue weighted by molar-refractivity contribution is 6.18. The number of methoxy groups -OCH3 is 1. The van der Waals surface area contributed by atoms with Crippen LogP contribution in [0.15, 0.2) is 47.5 Å². The van der Waals surface area contributed by atoms with Crippen molar-refractivity contribution < 1.29 is 19.1 Å². The Balaban J connectivity index is 1.80. The van der Waals surface area contributed by atoms with Gasteiger partial charge in [0.05, 0.1) is 24.9 Å². The molecule has 1 atom stereocenters. The summed E-state index contributed by atoms with van der Waals surface area (Å²) < 4.78 is 4.73. The Labute approximate surface area is 181 Å². The van der Waals surface area contributed by atoms with Crippen LogP contribution in [0.4, 0.5) is 17.1 Å². The molecule has 1 N–H and O–H groups in total. The largest absolute Gasteiger partial charge is 0.465 e. The maximum atomic E-state index is 12.6. The number of benzene rings is 2. The molecule has 0 saturated heterocycles. The van der Waals surface area contributed by atoms with Crippen molar-refractivity contribution >= 4 is 40.6 Å². The molecule has 1 heterocycles. The Bertz CT molecular complexity index is 1040. The summed E-state index contributed by atoms with van der Waals surface area (Å²) in [4.78, 5) is 44.5. The highest BCUT2D eigenvalue weighted by atomic mass is 16.5. The van der Waals surface area contributed by atoms with Gasteiger partial charge in [0.2, 0.25) is 11.8 Å². The third-order valence-electron chi connectivity index (χ3n) is 5.09. The molecule has 3 rings (SSSR count). The molecule has 162 valence electrons. The lowest BCUT2D eigenvalue weighted by atomic mass is 9.95. The molecule has 8 nitrogen and oxygen atoms in total. The standard InChI is InChI=1S/C23H26N4O4/c1-14(21-18-11-6-15(23(30)31-5)12-19(18)25-22(21)29)24-16-7-9-17(10-8-16)27(4)20(28)13-26(2)3/h6-12,21H,13H2,1-5H3,(H,25,29). The van der Waals surface area contributed by atoms with Crippen molar-refractivity contribution in [1.82, 2.24) is 4.90 Å². The van der Waals surface area contributed by atoms with Crippen LogP contribution in [0.2, 0.25) is 0 Å². The number of esters is 1. The zero-order chi connectivity index (χ0) is 22.7. The van der Waals surface area contributed by atoms with Crippen molar-refractivity contribution in [3.05, 3.63) is 53.6 Å². The molecule has 8 heteroatoms. The highest BCUT2D eigenvalue weighted by Crippen LogP contribution is 2.35. The first-order valence-electron chi connectivity index (χ1n) is 9.81. The van der Waals surface area contributed by atoms with Gasteiger partial charge in [0, 0.05) is 24.1 Å². The van der Waals surface area contributed by atoms with Gasteiger partial charge in [-0.2, -0.15) is 0 Å². The highest BCUT2D eigenvalue weighted by Gasteiger charge is 2.33. The minimum atomic E-state index is -0.536. The molecular formula is C23H26N4O4. The molecule has 0 saturated carbocycles. The SMILES string of the molecule is COC(=O)c1ccc2c(c1)NC(=O)C2C(C)=Nc1ccc(N(C)C(=O)CN(C)C)cc1. The van der Waals surface area contributed by atoms with E-state index in [1.54, 1.807) is 37.1 Å². The maximum absolute atomic E-state index is 12.6. The lowest BCUT2D eigenvalue weighted by Crippen LogP contribution is -2.34. The second kappa shape index (κ2) is 9.09. The van der Waals surface area contributed by atoms with E-state index in [9.17, 15) is 14.4 Å². The number of nitrogens with one attached hydrogen (secondary N) is 1. The Hall–Kier alpha value is -3.52. The van der Waals surface area contributed by atoms with Gasteiger partial charge in [0.25, 0.3) is 0 Å². The van der Waals surface area contributed by atoms with E-state index in [0.29, 0.717) is 29.2 Å². The van der Waals surface area contributed by atoms with E-state index in [2.05, 4.69) is 10.3 Å². The quantitative estimate of drug-likeness (QED) is 0.571.